The van der Waals surface area contributed by atoms with E-state index in [1.54, 1.807) is 44.8 Å². The number of rotatable bonds is 11. The normalized spacial score (nSPS) is 10.9. The summed E-state index contributed by atoms with van der Waals surface area (Å²) in [6.07, 6.45) is 1.32. The molecule has 0 bridgehead atoms. The van der Waals surface area contributed by atoms with Crippen LogP contribution in [0.3, 0.4) is 0 Å². The average molecular weight is 501 g/mol. The Hall–Kier alpha value is -3.31. The summed E-state index contributed by atoms with van der Waals surface area (Å²) in [6, 6.07) is 11.6. The van der Waals surface area contributed by atoms with Gasteiger partial charge in [-0.3, -0.25) is 4.79 Å². The van der Waals surface area contributed by atoms with Crippen molar-refractivity contribution in [1.82, 2.24) is 20.5 Å². The second-order valence-electron chi connectivity index (χ2n) is 7.14. The Bertz CT molecular complexity index is 1220. The van der Waals surface area contributed by atoms with Crippen LogP contribution in [0, 0.1) is 0 Å². The molecular formula is C23H24N4O5S2. The maximum Gasteiger partial charge on any atom is 0.277 e. The molecule has 1 amide bonds. The molecule has 0 saturated heterocycles. The maximum absolute atomic E-state index is 12.3. The summed E-state index contributed by atoms with van der Waals surface area (Å²) in [4.78, 5) is 16.9. The summed E-state index contributed by atoms with van der Waals surface area (Å²) in [7, 11) is 4.64. The van der Waals surface area contributed by atoms with E-state index in [0.717, 1.165) is 27.2 Å². The van der Waals surface area contributed by atoms with E-state index < -0.39 is 0 Å². The number of carbonyl (C=O) groups excluding carboxylic acids is 1. The molecule has 0 aliphatic rings. The molecule has 2 aromatic carbocycles. The lowest BCUT2D eigenvalue weighted by Gasteiger charge is -2.14. The van der Waals surface area contributed by atoms with Crippen molar-refractivity contribution in [1.29, 1.82) is 0 Å². The van der Waals surface area contributed by atoms with E-state index in [-0.39, 0.29) is 11.7 Å². The number of methoxy groups -OCH3 is 3. The van der Waals surface area contributed by atoms with Crippen molar-refractivity contribution < 1.29 is 23.4 Å². The molecule has 11 heteroatoms. The number of nitrogens with one attached hydrogen (secondary N) is 1. The molecule has 0 unspecified atom stereocenters. The summed E-state index contributed by atoms with van der Waals surface area (Å²) in [6.45, 7) is 0.313. The van der Waals surface area contributed by atoms with Gasteiger partial charge in [0.25, 0.3) is 5.22 Å². The number of para-hydroxylation sites is 1. The fourth-order valence-electron chi connectivity index (χ4n) is 3.25. The highest BCUT2D eigenvalue weighted by atomic mass is 32.2. The zero-order valence-corrected chi connectivity index (χ0v) is 20.6. The van der Waals surface area contributed by atoms with Gasteiger partial charge in [-0.05, 0) is 29.8 Å². The number of thiazole rings is 1. The zero-order valence-electron chi connectivity index (χ0n) is 19.0. The molecule has 178 valence electrons. The van der Waals surface area contributed by atoms with Gasteiger partial charge in [0.1, 0.15) is 0 Å². The van der Waals surface area contributed by atoms with Crippen molar-refractivity contribution in [3.8, 4) is 17.2 Å². The quantitative estimate of drug-likeness (QED) is 0.307. The second-order valence-corrected chi connectivity index (χ2v) is 9.18. The smallest absolute Gasteiger partial charge is 0.277 e. The van der Waals surface area contributed by atoms with Gasteiger partial charge in [-0.1, -0.05) is 23.9 Å². The third-order valence-corrected chi connectivity index (χ3v) is 6.79. The van der Waals surface area contributed by atoms with Crippen LogP contribution in [0.25, 0.3) is 10.2 Å². The second kappa shape index (κ2) is 11.2. The molecule has 0 aliphatic carbocycles. The largest absolute Gasteiger partial charge is 0.493 e. The summed E-state index contributed by atoms with van der Waals surface area (Å²) in [5.74, 6) is 2.09. The first-order valence-electron chi connectivity index (χ1n) is 10.4. The van der Waals surface area contributed by atoms with Gasteiger partial charge in [-0.15, -0.1) is 21.5 Å². The Kier molecular flexibility index (Phi) is 7.86. The van der Waals surface area contributed by atoms with E-state index >= 15 is 0 Å². The van der Waals surface area contributed by atoms with Crippen LogP contribution in [0.4, 0.5) is 0 Å². The van der Waals surface area contributed by atoms with Gasteiger partial charge >= 0.3 is 0 Å². The molecule has 0 atom stereocenters. The van der Waals surface area contributed by atoms with E-state index in [0.29, 0.717) is 41.3 Å². The summed E-state index contributed by atoms with van der Waals surface area (Å²) >= 11 is 2.86. The molecular weight excluding hydrogens is 476 g/mol. The number of carbonyl (C=O) groups is 1. The van der Waals surface area contributed by atoms with Crippen molar-refractivity contribution >= 4 is 39.2 Å². The molecule has 0 spiro atoms. The number of aryl methyl sites for hydroxylation is 2. The average Bonchev–Trinajstić information content (AvgIpc) is 3.50. The Balaban J connectivity index is 1.25. The molecule has 34 heavy (non-hydrogen) atoms. The summed E-state index contributed by atoms with van der Waals surface area (Å²) in [5.41, 5.74) is 1.82. The Labute approximate surface area is 204 Å². The first kappa shape index (κ1) is 23.8. The summed E-state index contributed by atoms with van der Waals surface area (Å²) in [5, 5.41) is 12.4. The molecule has 4 rings (SSSR count). The number of hydrogen-bond acceptors (Lipinski definition) is 10. The third-order valence-electron chi connectivity index (χ3n) is 4.88. The number of aromatic nitrogens is 3. The number of nitrogens with zero attached hydrogens (tertiary/aromatic N) is 3. The lowest BCUT2D eigenvalue weighted by atomic mass is 10.2. The van der Waals surface area contributed by atoms with Gasteiger partial charge in [-0.2, -0.15) is 0 Å². The minimum Gasteiger partial charge on any atom is -0.493 e. The Morgan fingerprint density at radius 2 is 1.82 bits per heavy atom. The van der Waals surface area contributed by atoms with Crippen molar-refractivity contribution in [3.05, 3.63) is 52.9 Å². The highest BCUT2D eigenvalue weighted by molar-refractivity contribution is 7.99. The van der Waals surface area contributed by atoms with E-state index in [2.05, 4.69) is 26.6 Å². The van der Waals surface area contributed by atoms with Gasteiger partial charge in [0, 0.05) is 19.4 Å². The zero-order chi connectivity index (χ0) is 23.9. The molecule has 1 N–H and O–H groups in total. The number of thioether (sulfide) groups is 1. The fraction of sp³-hybridized carbons (Fsp3) is 0.304. The predicted molar refractivity (Wildman–Crippen MR) is 130 cm³/mol. The van der Waals surface area contributed by atoms with Gasteiger partial charge in [0.2, 0.25) is 17.5 Å². The summed E-state index contributed by atoms with van der Waals surface area (Å²) < 4.78 is 22.8. The van der Waals surface area contributed by atoms with Crippen LogP contribution in [0.15, 0.2) is 46.0 Å². The lowest BCUT2D eigenvalue weighted by Crippen LogP contribution is -2.24. The Morgan fingerprint density at radius 1 is 1.06 bits per heavy atom. The van der Waals surface area contributed by atoms with Gasteiger partial charge < -0.3 is 23.9 Å². The molecule has 0 saturated carbocycles. The van der Waals surface area contributed by atoms with Crippen LogP contribution < -0.4 is 19.5 Å². The van der Waals surface area contributed by atoms with Crippen LogP contribution in [-0.4, -0.2) is 48.2 Å². The van der Waals surface area contributed by atoms with Crippen molar-refractivity contribution in [3.63, 3.8) is 0 Å². The first-order chi connectivity index (χ1) is 16.6. The predicted octanol–water partition coefficient (Wildman–Crippen LogP) is 3.90. The minimum atomic E-state index is -0.159. The van der Waals surface area contributed by atoms with Crippen molar-refractivity contribution in [2.24, 2.45) is 0 Å². The molecule has 0 fully saturated rings. The van der Waals surface area contributed by atoms with E-state index in [1.165, 1.54) is 11.8 Å². The molecule has 0 radical (unpaired) electrons. The number of hydrogen-bond donors (Lipinski definition) is 1. The van der Waals surface area contributed by atoms with Gasteiger partial charge in [0.15, 0.2) is 11.5 Å². The fourth-order valence-corrected chi connectivity index (χ4v) is 4.83. The monoisotopic (exact) mass is 500 g/mol. The van der Waals surface area contributed by atoms with Crippen LogP contribution in [-0.2, 0) is 24.2 Å². The highest BCUT2D eigenvalue weighted by Crippen LogP contribution is 2.38. The number of amides is 1. The van der Waals surface area contributed by atoms with E-state index in [1.807, 2.05) is 18.2 Å². The van der Waals surface area contributed by atoms with Crippen LogP contribution in [0.2, 0.25) is 0 Å². The maximum atomic E-state index is 12.3. The molecule has 0 aliphatic heterocycles. The SMILES string of the molecule is COc1cc(CNC(=O)CSc2nnc(CCc3nc4ccccc4s3)o2)cc(OC)c1OC. The topological polar surface area (TPSA) is 109 Å². The van der Waals surface area contributed by atoms with Crippen molar-refractivity contribution in [2.75, 3.05) is 27.1 Å². The van der Waals surface area contributed by atoms with Crippen molar-refractivity contribution in [2.45, 2.75) is 24.6 Å². The van der Waals surface area contributed by atoms with Crippen LogP contribution in [0.5, 0.6) is 17.2 Å². The Morgan fingerprint density at radius 3 is 2.53 bits per heavy atom. The third kappa shape index (κ3) is 5.78. The van der Waals surface area contributed by atoms with E-state index in [4.69, 9.17) is 18.6 Å². The number of ether oxygens (including phenoxy) is 3. The van der Waals surface area contributed by atoms with Gasteiger partial charge in [0.05, 0.1) is 42.3 Å². The standard InChI is InChI=1S/C23H24N4O5S2/c1-29-16-10-14(11-17(30-2)22(16)31-3)12-24-19(28)13-33-23-27-26-20(32-23)8-9-21-25-15-6-4-5-7-18(15)34-21/h4-7,10-11H,8-9,12-13H2,1-3H3,(H,24,28). The van der Waals surface area contributed by atoms with Crippen LogP contribution in [0.1, 0.15) is 16.5 Å². The molecule has 4 aromatic rings. The highest BCUT2D eigenvalue weighted by Gasteiger charge is 2.15. The minimum absolute atomic E-state index is 0.157. The molecule has 2 aromatic heterocycles. The number of fused-ring (bicyclic) bond motifs is 1. The molecule has 2 heterocycles. The lowest BCUT2D eigenvalue weighted by molar-refractivity contribution is -0.118. The van der Waals surface area contributed by atoms with Crippen LogP contribution >= 0.6 is 23.1 Å². The number of benzene rings is 2. The first-order valence-corrected chi connectivity index (χ1v) is 12.2. The van der Waals surface area contributed by atoms with Gasteiger partial charge in [-0.25, -0.2) is 4.98 Å². The van der Waals surface area contributed by atoms with E-state index in [9.17, 15) is 4.79 Å². The molecule has 9 nitrogen and oxygen atoms in total.